The molecule has 1 nitrogen and oxygen atoms in total. The highest BCUT2D eigenvalue weighted by Crippen LogP contribution is 2.28. The molecule has 0 aromatic heterocycles. The van der Waals surface area contributed by atoms with Gasteiger partial charge in [0.1, 0.15) is 0 Å². The highest BCUT2D eigenvalue weighted by atomic mass is 79.9. The van der Waals surface area contributed by atoms with Gasteiger partial charge in [0.05, 0.1) is 0 Å². The van der Waals surface area contributed by atoms with Crippen LogP contribution >= 0.6 is 27.7 Å². The Hall–Kier alpha value is -0.930. The first-order valence-corrected chi connectivity index (χ1v) is 7.57. The van der Waals surface area contributed by atoms with E-state index in [2.05, 4.69) is 54.0 Å². The van der Waals surface area contributed by atoms with Crippen molar-refractivity contribution in [3.05, 3.63) is 57.6 Å². The summed E-state index contributed by atoms with van der Waals surface area (Å²) in [5, 5.41) is 0. The van der Waals surface area contributed by atoms with Crippen LogP contribution < -0.4 is 5.73 Å². The van der Waals surface area contributed by atoms with Crippen LogP contribution in [0.25, 0.3) is 0 Å². The Morgan fingerprint density at radius 3 is 2.61 bits per heavy atom. The van der Waals surface area contributed by atoms with Crippen molar-refractivity contribution >= 4 is 33.4 Å². The number of hydrogen-bond donors (Lipinski definition) is 1. The molecule has 2 aromatic rings. The largest absolute Gasteiger partial charge is 0.399 e. The van der Waals surface area contributed by atoms with E-state index in [1.165, 1.54) is 21.6 Å². The Morgan fingerprint density at radius 2 is 1.89 bits per heavy atom. The Morgan fingerprint density at radius 1 is 1.11 bits per heavy atom. The third-order valence-corrected chi connectivity index (χ3v) is 4.40. The molecule has 0 aliphatic heterocycles. The van der Waals surface area contributed by atoms with Crippen LogP contribution in [0.15, 0.2) is 45.8 Å². The summed E-state index contributed by atoms with van der Waals surface area (Å²) in [6.07, 6.45) is 0. The first-order valence-electron chi connectivity index (χ1n) is 5.79. The lowest BCUT2D eigenvalue weighted by Crippen LogP contribution is -1.89. The first-order chi connectivity index (χ1) is 8.54. The molecule has 2 aromatic carbocycles. The fourth-order valence-electron chi connectivity index (χ4n) is 1.78. The van der Waals surface area contributed by atoms with E-state index in [1.807, 2.05) is 23.9 Å². The maximum Gasteiger partial charge on any atom is 0.0328 e. The standard InChI is InChI=1S/C15H16BrNS/c1-10-3-4-11(2)15(5-10)18-9-12-6-13(16)8-14(17)7-12/h3-8H,9,17H2,1-2H3. The van der Waals surface area contributed by atoms with Gasteiger partial charge < -0.3 is 5.73 Å². The summed E-state index contributed by atoms with van der Waals surface area (Å²) in [5.41, 5.74) is 10.5. The average molecular weight is 322 g/mol. The molecular formula is C15H16BrNS. The van der Waals surface area contributed by atoms with Gasteiger partial charge in [0.2, 0.25) is 0 Å². The van der Waals surface area contributed by atoms with E-state index in [0.717, 1.165) is 15.9 Å². The maximum absolute atomic E-state index is 5.84. The molecule has 0 bridgehead atoms. The molecule has 0 fully saturated rings. The van der Waals surface area contributed by atoms with E-state index in [4.69, 9.17) is 5.73 Å². The summed E-state index contributed by atoms with van der Waals surface area (Å²) in [7, 11) is 0. The van der Waals surface area contributed by atoms with Crippen LogP contribution in [-0.2, 0) is 5.75 Å². The van der Waals surface area contributed by atoms with Crippen LogP contribution in [0.5, 0.6) is 0 Å². The summed E-state index contributed by atoms with van der Waals surface area (Å²) in [4.78, 5) is 1.34. The number of nitrogens with two attached hydrogens (primary N) is 1. The van der Waals surface area contributed by atoms with Crippen LogP contribution in [0.2, 0.25) is 0 Å². The first kappa shape index (κ1) is 13.5. The smallest absolute Gasteiger partial charge is 0.0328 e. The van der Waals surface area contributed by atoms with E-state index in [1.54, 1.807) is 0 Å². The summed E-state index contributed by atoms with van der Waals surface area (Å²) in [6.45, 7) is 4.28. The number of nitrogen functional groups attached to an aromatic ring is 1. The number of anilines is 1. The molecule has 0 radical (unpaired) electrons. The summed E-state index contributed by atoms with van der Waals surface area (Å²) in [6, 6.07) is 12.6. The van der Waals surface area contributed by atoms with E-state index in [-0.39, 0.29) is 0 Å². The van der Waals surface area contributed by atoms with E-state index in [9.17, 15) is 0 Å². The molecule has 0 aliphatic carbocycles. The van der Waals surface area contributed by atoms with Crippen LogP contribution in [-0.4, -0.2) is 0 Å². The summed E-state index contributed by atoms with van der Waals surface area (Å²) >= 11 is 5.33. The summed E-state index contributed by atoms with van der Waals surface area (Å²) in [5.74, 6) is 0.938. The lowest BCUT2D eigenvalue weighted by Gasteiger charge is -2.08. The fourth-order valence-corrected chi connectivity index (χ4v) is 3.39. The van der Waals surface area contributed by atoms with Gasteiger partial charge >= 0.3 is 0 Å². The van der Waals surface area contributed by atoms with Crippen molar-refractivity contribution in [3.63, 3.8) is 0 Å². The minimum Gasteiger partial charge on any atom is -0.399 e. The maximum atomic E-state index is 5.84. The average Bonchev–Trinajstić information content (AvgIpc) is 2.29. The van der Waals surface area contributed by atoms with Crippen molar-refractivity contribution in [3.8, 4) is 0 Å². The molecule has 0 unspecified atom stereocenters. The highest BCUT2D eigenvalue weighted by molar-refractivity contribution is 9.10. The Balaban J connectivity index is 2.13. The van der Waals surface area contributed by atoms with Crippen molar-refractivity contribution in [2.24, 2.45) is 0 Å². The minimum atomic E-state index is 0.806. The molecule has 0 heterocycles. The zero-order valence-corrected chi connectivity index (χ0v) is 12.9. The lowest BCUT2D eigenvalue weighted by atomic mass is 10.2. The van der Waals surface area contributed by atoms with Crippen molar-refractivity contribution in [1.82, 2.24) is 0 Å². The third kappa shape index (κ3) is 3.53. The molecule has 2 N–H and O–H groups in total. The fraction of sp³-hybridized carbons (Fsp3) is 0.200. The topological polar surface area (TPSA) is 26.0 Å². The van der Waals surface area contributed by atoms with Crippen molar-refractivity contribution in [1.29, 1.82) is 0 Å². The molecule has 3 heteroatoms. The van der Waals surface area contributed by atoms with E-state index in [0.29, 0.717) is 0 Å². The zero-order valence-electron chi connectivity index (χ0n) is 10.5. The Bertz CT molecular complexity index is 546. The van der Waals surface area contributed by atoms with Gasteiger partial charge in [0, 0.05) is 20.8 Å². The quantitative estimate of drug-likeness (QED) is 0.640. The second-order valence-electron chi connectivity index (χ2n) is 4.45. The van der Waals surface area contributed by atoms with Crippen LogP contribution in [0.4, 0.5) is 5.69 Å². The third-order valence-electron chi connectivity index (χ3n) is 2.72. The van der Waals surface area contributed by atoms with Gasteiger partial charge in [-0.25, -0.2) is 0 Å². The van der Waals surface area contributed by atoms with Crippen molar-refractivity contribution in [2.45, 2.75) is 24.5 Å². The number of hydrogen-bond acceptors (Lipinski definition) is 2. The van der Waals surface area contributed by atoms with Crippen LogP contribution in [0.1, 0.15) is 16.7 Å². The monoisotopic (exact) mass is 321 g/mol. The second kappa shape index (κ2) is 5.81. The number of aryl methyl sites for hydroxylation is 2. The Labute approximate surface area is 121 Å². The van der Waals surface area contributed by atoms with Gasteiger partial charge in [-0.3, -0.25) is 0 Å². The van der Waals surface area contributed by atoms with Gasteiger partial charge in [-0.05, 0) is 49.2 Å². The molecule has 18 heavy (non-hydrogen) atoms. The molecule has 0 saturated carbocycles. The number of benzene rings is 2. The van der Waals surface area contributed by atoms with Gasteiger partial charge in [-0.15, -0.1) is 11.8 Å². The lowest BCUT2D eigenvalue weighted by molar-refractivity contribution is 1.25. The number of halogens is 1. The van der Waals surface area contributed by atoms with E-state index < -0.39 is 0 Å². The molecule has 0 amide bonds. The SMILES string of the molecule is Cc1ccc(C)c(SCc2cc(N)cc(Br)c2)c1. The molecule has 0 spiro atoms. The van der Waals surface area contributed by atoms with Gasteiger partial charge in [-0.2, -0.15) is 0 Å². The molecule has 0 saturated heterocycles. The number of thioether (sulfide) groups is 1. The molecule has 0 aliphatic rings. The molecular weight excluding hydrogens is 306 g/mol. The number of rotatable bonds is 3. The molecule has 94 valence electrons. The second-order valence-corrected chi connectivity index (χ2v) is 6.38. The van der Waals surface area contributed by atoms with Gasteiger partial charge in [0.25, 0.3) is 0 Å². The highest BCUT2D eigenvalue weighted by Gasteiger charge is 2.02. The Kier molecular flexibility index (Phi) is 4.36. The molecule has 2 rings (SSSR count). The van der Waals surface area contributed by atoms with Crippen LogP contribution in [0.3, 0.4) is 0 Å². The van der Waals surface area contributed by atoms with Gasteiger partial charge in [0.15, 0.2) is 0 Å². The van der Waals surface area contributed by atoms with Gasteiger partial charge in [-0.1, -0.05) is 33.6 Å². The molecule has 0 atom stereocenters. The van der Waals surface area contributed by atoms with Crippen molar-refractivity contribution in [2.75, 3.05) is 5.73 Å². The van der Waals surface area contributed by atoms with Crippen molar-refractivity contribution < 1.29 is 0 Å². The van der Waals surface area contributed by atoms with E-state index >= 15 is 0 Å². The summed E-state index contributed by atoms with van der Waals surface area (Å²) < 4.78 is 1.04. The predicted molar refractivity (Wildman–Crippen MR) is 84.0 cm³/mol. The minimum absolute atomic E-state index is 0.806. The zero-order chi connectivity index (χ0) is 13.1. The normalized spacial score (nSPS) is 10.6. The predicted octanol–water partition coefficient (Wildman–Crippen LogP) is 4.94. The van der Waals surface area contributed by atoms with Crippen LogP contribution in [0, 0.1) is 13.8 Å².